The van der Waals surface area contributed by atoms with Gasteiger partial charge in [-0.25, -0.2) is 9.97 Å². The Morgan fingerprint density at radius 3 is 2.65 bits per heavy atom. The molecule has 2 heterocycles. The van der Waals surface area contributed by atoms with Crippen molar-refractivity contribution in [1.29, 1.82) is 0 Å². The van der Waals surface area contributed by atoms with E-state index in [-0.39, 0.29) is 6.10 Å². The highest BCUT2D eigenvalue weighted by Gasteiger charge is 2.26. The third-order valence-electron chi connectivity index (χ3n) is 4.87. The van der Waals surface area contributed by atoms with Gasteiger partial charge in [0.05, 0.1) is 6.10 Å². The highest BCUT2D eigenvalue weighted by Crippen LogP contribution is 2.30. The van der Waals surface area contributed by atoms with E-state index in [0.717, 1.165) is 38.8 Å². The Morgan fingerprint density at radius 2 is 1.90 bits per heavy atom. The highest BCUT2D eigenvalue weighted by atomic mass is 16.3. The lowest BCUT2D eigenvalue weighted by molar-refractivity contribution is 0.109. The van der Waals surface area contributed by atoms with E-state index in [4.69, 9.17) is 0 Å². The Hall–Kier alpha value is -1.16. The predicted octanol–water partition coefficient (Wildman–Crippen LogP) is 2.34. The lowest BCUT2D eigenvalue weighted by atomic mass is 9.92. The zero-order chi connectivity index (χ0) is 13.9. The Labute approximate surface area is 121 Å². The number of rotatable bonds is 2. The van der Waals surface area contributed by atoms with Gasteiger partial charge in [0.25, 0.3) is 0 Å². The quantitative estimate of drug-likeness (QED) is 0.842. The molecule has 2 aliphatic rings. The van der Waals surface area contributed by atoms with Crippen LogP contribution in [0.3, 0.4) is 0 Å². The minimum absolute atomic E-state index is 0.181. The molecule has 0 bridgehead atoms. The van der Waals surface area contributed by atoms with Crippen molar-refractivity contribution >= 4 is 5.82 Å². The summed E-state index contributed by atoms with van der Waals surface area (Å²) in [4.78, 5) is 11.5. The molecule has 0 amide bonds. The number of piperidine rings is 1. The van der Waals surface area contributed by atoms with E-state index in [1.54, 1.807) is 6.33 Å². The fourth-order valence-electron chi connectivity index (χ4n) is 3.55. The number of aromatic nitrogens is 2. The number of aryl methyl sites for hydroxylation is 1. The molecular weight excluding hydrogens is 250 g/mol. The zero-order valence-corrected chi connectivity index (χ0v) is 12.4. The van der Waals surface area contributed by atoms with E-state index in [0.29, 0.717) is 5.92 Å². The number of hydrogen-bond donors (Lipinski definition) is 1. The van der Waals surface area contributed by atoms with Gasteiger partial charge in [-0.2, -0.15) is 0 Å². The average molecular weight is 275 g/mol. The Morgan fingerprint density at radius 1 is 1.15 bits per heavy atom. The monoisotopic (exact) mass is 275 g/mol. The maximum Gasteiger partial charge on any atom is 0.135 e. The number of nitrogens with zero attached hydrogens (tertiary/aromatic N) is 3. The minimum atomic E-state index is -0.181. The molecule has 1 N–H and O–H groups in total. The maximum absolute atomic E-state index is 9.72. The normalized spacial score (nSPS) is 22.2. The summed E-state index contributed by atoms with van der Waals surface area (Å²) >= 11 is 0. The van der Waals surface area contributed by atoms with Crippen LogP contribution in [-0.4, -0.2) is 34.3 Å². The maximum atomic E-state index is 9.72. The van der Waals surface area contributed by atoms with Gasteiger partial charge in [-0.3, -0.25) is 0 Å². The van der Waals surface area contributed by atoms with Crippen LogP contribution in [0.25, 0.3) is 0 Å². The van der Waals surface area contributed by atoms with Crippen molar-refractivity contribution in [3.05, 3.63) is 17.6 Å². The number of aliphatic hydroxyl groups is 1. The van der Waals surface area contributed by atoms with Crippen LogP contribution in [0.1, 0.15) is 50.3 Å². The second-order valence-electron chi connectivity index (χ2n) is 6.25. The van der Waals surface area contributed by atoms with Crippen molar-refractivity contribution in [2.75, 3.05) is 18.0 Å². The van der Waals surface area contributed by atoms with Crippen LogP contribution in [0.2, 0.25) is 0 Å². The van der Waals surface area contributed by atoms with Gasteiger partial charge in [0.15, 0.2) is 0 Å². The number of anilines is 1. The van der Waals surface area contributed by atoms with Gasteiger partial charge in [0, 0.05) is 24.3 Å². The molecule has 1 aliphatic heterocycles. The Balaban J connectivity index is 1.78. The standard InChI is InChI=1S/C16H25N3O/c1-12(20)13-7-9-19(10-8-13)16-14-5-3-2-4-6-15(14)17-11-18-16/h11-13,20H,2-10H2,1H3. The van der Waals surface area contributed by atoms with Crippen LogP contribution >= 0.6 is 0 Å². The van der Waals surface area contributed by atoms with Crippen molar-refractivity contribution < 1.29 is 5.11 Å². The molecule has 0 spiro atoms. The molecule has 1 saturated heterocycles. The van der Waals surface area contributed by atoms with E-state index in [1.165, 1.54) is 36.3 Å². The van der Waals surface area contributed by atoms with Gasteiger partial charge in [0.2, 0.25) is 0 Å². The molecule has 0 saturated carbocycles. The molecule has 0 radical (unpaired) electrons. The van der Waals surface area contributed by atoms with E-state index in [2.05, 4.69) is 14.9 Å². The van der Waals surface area contributed by atoms with Crippen LogP contribution in [0, 0.1) is 5.92 Å². The number of hydrogen-bond acceptors (Lipinski definition) is 4. The third-order valence-corrected chi connectivity index (χ3v) is 4.87. The fourth-order valence-corrected chi connectivity index (χ4v) is 3.55. The summed E-state index contributed by atoms with van der Waals surface area (Å²) in [5.74, 6) is 1.62. The predicted molar refractivity (Wildman–Crippen MR) is 79.9 cm³/mol. The van der Waals surface area contributed by atoms with Crippen molar-refractivity contribution in [2.24, 2.45) is 5.92 Å². The van der Waals surface area contributed by atoms with Crippen molar-refractivity contribution in [3.8, 4) is 0 Å². The van der Waals surface area contributed by atoms with Gasteiger partial charge in [-0.05, 0) is 51.4 Å². The van der Waals surface area contributed by atoms with Crippen LogP contribution in [0.5, 0.6) is 0 Å². The molecular formula is C16H25N3O. The summed E-state index contributed by atoms with van der Waals surface area (Å²) in [6.07, 6.45) is 9.74. The lowest BCUT2D eigenvalue weighted by Crippen LogP contribution is -2.38. The van der Waals surface area contributed by atoms with Crippen LogP contribution in [0.4, 0.5) is 5.82 Å². The average Bonchev–Trinajstić information content (AvgIpc) is 2.72. The van der Waals surface area contributed by atoms with Crippen molar-refractivity contribution in [3.63, 3.8) is 0 Å². The molecule has 1 fully saturated rings. The van der Waals surface area contributed by atoms with Crippen LogP contribution < -0.4 is 4.90 Å². The van der Waals surface area contributed by atoms with Crippen molar-refractivity contribution in [1.82, 2.24) is 9.97 Å². The molecule has 1 aromatic rings. The summed E-state index contributed by atoms with van der Waals surface area (Å²) in [7, 11) is 0. The smallest absolute Gasteiger partial charge is 0.135 e. The fraction of sp³-hybridized carbons (Fsp3) is 0.750. The van der Waals surface area contributed by atoms with Gasteiger partial charge in [-0.1, -0.05) is 6.42 Å². The molecule has 3 rings (SSSR count). The SMILES string of the molecule is CC(O)C1CCN(c2ncnc3c2CCCCC3)CC1. The summed E-state index contributed by atoms with van der Waals surface area (Å²) in [5.41, 5.74) is 2.66. The first-order valence-electron chi connectivity index (χ1n) is 8.01. The molecule has 0 aromatic carbocycles. The minimum Gasteiger partial charge on any atom is -0.393 e. The molecule has 20 heavy (non-hydrogen) atoms. The van der Waals surface area contributed by atoms with Crippen LogP contribution in [0.15, 0.2) is 6.33 Å². The first kappa shape index (κ1) is 13.8. The molecule has 1 aromatic heterocycles. The summed E-state index contributed by atoms with van der Waals surface area (Å²) in [5, 5.41) is 9.72. The molecule has 1 atom stereocenters. The number of fused-ring (bicyclic) bond motifs is 1. The molecule has 110 valence electrons. The molecule has 1 unspecified atom stereocenters. The molecule has 4 heteroatoms. The zero-order valence-electron chi connectivity index (χ0n) is 12.4. The Kier molecular flexibility index (Phi) is 4.20. The van der Waals surface area contributed by atoms with E-state index in [1.807, 2.05) is 6.92 Å². The second kappa shape index (κ2) is 6.08. The topological polar surface area (TPSA) is 49.2 Å². The van der Waals surface area contributed by atoms with Gasteiger partial charge >= 0.3 is 0 Å². The summed E-state index contributed by atoms with van der Waals surface area (Å²) in [6.45, 7) is 3.94. The second-order valence-corrected chi connectivity index (χ2v) is 6.25. The largest absolute Gasteiger partial charge is 0.393 e. The van der Waals surface area contributed by atoms with E-state index < -0.39 is 0 Å². The summed E-state index contributed by atoms with van der Waals surface area (Å²) < 4.78 is 0. The highest BCUT2D eigenvalue weighted by molar-refractivity contribution is 5.49. The van der Waals surface area contributed by atoms with Gasteiger partial charge in [0.1, 0.15) is 12.1 Å². The van der Waals surface area contributed by atoms with Crippen molar-refractivity contribution in [2.45, 2.75) is 58.0 Å². The van der Waals surface area contributed by atoms with Crippen LogP contribution in [-0.2, 0) is 12.8 Å². The summed E-state index contributed by atoms with van der Waals surface area (Å²) in [6, 6.07) is 0. The first-order valence-corrected chi connectivity index (χ1v) is 8.01. The van der Waals surface area contributed by atoms with Gasteiger partial charge in [-0.15, -0.1) is 0 Å². The molecule has 1 aliphatic carbocycles. The Bertz CT molecular complexity index is 453. The first-order chi connectivity index (χ1) is 9.75. The lowest BCUT2D eigenvalue weighted by Gasteiger charge is -2.35. The van der Waals surface area contributed by atoms with Gasteiger partial charge < -0.3 is 10.0 Å². The number of aliphatic hydroxyl groups excluding tert-OH is 1. The van der Waals surface area contributed by atoms with E-state index >= 15 is 0 Å². The van der Waals surface area contributed by atoms with E-state index in [9.17, 15) is 5.11 Å². The molecule has 4 nitrogen and oxygen atoms in total. The third kappa shape index (κ3) is 2.80.